The first-order chi connectivity index (χ1) is 5.72. The fourth-order valence-corrected chi connectivity index (χ4v) is 0.972. The summed E-state index contributed by atoms with van der Waals surface area (Å²) in [5.74, 6) is 0. The standard InChI is InChI=1S/C8H11ClN2O/c9-6-1-2-8(11-4-6)3-7(10)5-12/h1-2,4,7,12H,3,5,10H2. The predicted octanol–water partition coefficient (Wildman–Crippen LogP) is 0.597. The van der Waals surface area contributed by atoms with Crippen molar-refractivity contribution in [1.29, 1.82) is 0 Å². The molecular weight excluding hydrogens is 176 g/mol. The summed E-state index contributed by atoms with van der Waals surface area (Å²) in [6.07, 6.45) is 2.15. The maximum absolute atomic E-state index is 8.67. The van der Waals surface area contributed by atoms with Crippen molar-refractivity contribution in [2.45, 2.75) is 12.5 Å². The molecule has 4 heteroatoms. The first kappa shape index (κ1) is 9.45. The Kier molecular flexibility index (Phi) is 3.47. The lowest BCUT2D eigenvalue weighted by Gasteiger charge is -2.06. The molecule has 0 saturated carbocycles. The molecule has 12 heavy (non-hydrogen) atoms. The highest BCUT2D eigenvalue weighted by atomic mass is 35.5. The molecule has 1 unspecified atom stereocenters. The van der Waals surface area contributed by atoms with Crippen LogP contribution >= 0.6 is 11.6 Å². The summed E-state index contributed by atoms with van der Waals surface area (Å²) in [5, 5.41) is 9.28. The molecule has 1 aromatic heterocycles. The van der Waals surface area contributed by atoms with E-state index >= 15 is 0 Å². The Hall–Kier alpha value is -0.640. The second kappa shape index (κ2) is 4.40. The highest BCUT2D eigenvalue weighted by molar-refractivity contribution is 6.30. The summed E-state index contributed by atoms with van der Waals surface area (Å²) < 4.78 is 0. The van der Waals surface area contributed by atoms with Gasteiger partial charge >= 0.3 is 0 Å². The molecule has 1 heterocycles. The third kappa shape index (κ3) is 2.77. The SMILES string of the molecule is NC(CO)Cc1ccc(Cl)cn1. The molecule has 3 N–H and O–H groups in total. The van der Waals surface area contributed by atoms with Crippen LogP contribution in [0.15, 0.2) is 18.3 Å². The van der Waals surface area contributed by atoms with Crippen molar-refractivity contribution in [1.82, 2.24) is 4.98 Å². The number of pyridine rings is 1. The van der Waals surface area contributed by atoms with Gasteiger partial charge in [0.2, 0.25) is 0 Å². The van der Waals surface area contributed by atoms with Crippen LogP contribution in [0.1, 0.15) is 5.69 Å². The van der Waals surface area contributed by atoms with Gasteiger partial charge in [-0.05, 0) is 12.1 Å². The van der Waals surface area contributed by atoms with Crippen LogP contribution < -0.4 is 5.73 Å². The van der Waals surface area contributed by atoms with E-state index in [1.165, 1.54) is 0 Å². The normalized spacial score (nSPS) is 12.9. The van der Waals surface area contributed by atoms with Crippen LogP contribution in [0, 0.1) is 0 Å². The molecule has 1 rings (SSSR count). The Morgan fingerprint density at radius 3 is 2.83 bits per heavy atom. The van der Waals surface area contributed by atoms with Crippen molar-refractivity contribution in [3.63, 3.8) is 0 Å². The van der Waals surface area contributed by atoms with Crippen LogP contribution in [0.5, 0.6) is 0 Å². The van der Waals surface area contributed by atoms with Gasteiger partial charge in [0, 0.05) is 24.4 Å². The number of hydrogen-bond donors (Lipinski definition) is 2. The maximum atomic E-state index is 8.67. The Labute approximate surface area is 76.2 Å². The second-order valence-electron chi connectivity index (χ2n) is 2.61. The smallest absolute Gasteiger partial charge is 0.0589 e. The third-order valence-electron chi connectivity index (χ3n) is 1.49. The Morgan fingerprint density at radius 1 is 1.58 bits per heavy atom. The number of nitrogens with zero attached hydrogens (tertiary/aromatic N) is 1. The quantitative estimate of drug-likeness (QED) is 0.727. The molecule has 66 valence electrons. The van der Waals surface area contributed by atoms with Gasteiger partial charge in [-0.25, -0.2) is 0 Å². The molecule has 0 fully saturated rings. The van der Waals surface area contributed by atoms with Gasteiger partial charge in [-0.3, -0.25) is 4.98 Å². The largest absolute Gasteiger partial charge is 0.395 e. The highest BCUT2D eigenvalue weighted by Gasteiger charge is 2.02. The molecule has 0 aliphatic carbocycles. The van der Waals surface area contributed by atoms with Gasteiger partial charge in [-0.1, -0.05) is 11.6 Å². The Morgan fingerprint density at radius 2 is 2.33 bits per heavy atom. The summed E-state index contributed by atoms with van der Waals surface area (Å²) in [6, 6.07) is 3.32. The Bertz CT molecular complexity index is 237. The van der Waals surface area contributed by atoms with Gasteiger partial charge < -0.3 is 10.8 Å². The van der Waals surface area contributed by atoms with Gasteiger partial charge in [-0.2, -0.15) is 0 Å². The molecule has 0 aromatic carbocycles. The summed E-state index contributed by atoms with van der Waals surface area (Å²) in [4.78, 5) is 4.04. The number of aliphatic hydroxyl groups is 1. The van der Waals surface area contributed by atoms with Crippen molar-refractivity contribution in [2.75, 3.05) is 6.61 Å². The molecule has 3 nitrogen and oxygen atoms in total. The van der Waals surface area contributed by atoms with Gasteiger partial charge in [-0.15, -0.1) is 0 Å². The number of aromatic nitrogens is 1. The van der Waals surface area contributed by atoms with Crippen molar-refractivity contribution in [3.05, 3.63) is 29.0 Å². The lowest BCUT2D eigenvalue weighted by atomic mass is 10.2. The van der Waals surface area contributed by atoms with E-state index in [1.54, 1.807) is 18.3 Å². The molecule has 0 amide bonds. The van der Waals surface area contributed by atoms with E-state index in [0.717, 1.165) is 5.69 Å². The molecular formula is C8H11ClN2O. The fraction of sp³-hybridized carbons (Fsp3) is 0.375. The van der Waals surface area contributed by atoms with Crippen LogP contribution in [0.4, 0.5) is 0 Å². The molecule has 0 radical (unpaired) electrons. The first-order valence-electron chi connectivity index (χ1n) is 3.69. The molecule has 0 aliphatic rings. The van der Waals surface area contributed by atoms with E-state index in [4.69, 9.17) is 22.4 Å². The van der Waals surface area contributed by atoms with Crippen LogP contribution in [0.2, 0.25) is 5.02 Å². The molecule has 1 aromatic rings. The average molecular weight is 187 g/mol. The zero-order valence-corrected chi connectivity index (χ0v) is 7.33. The summed E-state index contributed by atoms with van der Waals surface area (Å²) >= 11 is 5.64. The minimum Gasteiger partial charge on any atom is -0.395 e. The lowest BCUT2D eigenvalue weighted by molar-refractivity contribution is 0.264. The number of nitrogens with two attached hydrogens (primary N) is 1. The van der Waals surface area contributed by atoms with Crippen LogP contribution in [-0.4, -0.2) is 22.7 Å². The van der Waals surface area contributed by atoms with Gasteiger partial charge in [0.25, 0.3) is 0 Å². The van der Waals surface area contributed by atoms with Gasteiger partial charge in [0.15, 0.2) is 0 Å². The summed E-state index contributed by atoms with van der Waals surface area (Å²) in [7, 11) is 0. The second-order valence-corrected chi connectivity index (χ2v) is 3.05. The first-order valence-corrected chi connectivity index (χ1v) is 4.07. The molecule has 0 saturated heterocycles. The van der Waals surface area contributed by atoms with Crippen LogP contribution in [0.25, 0.3) is 0 Å². The van der Waals surface area contributed by atoms with E-state index in [-0.39, 0.29) is 12.6 Å². The maximum Gasteiger partial charge on any atom is 0.0589 e. The third-order valence-corrected chi connectivity index (χ3v) is 1.72. The van der Waals surface area contributed by atoms with E-state index in [0.29, 0.717) is 11.4 Å². The minimum atomic E-state index is -0.237. The summed E-state index contributed by atoms with van der Waals surface area (Å²) in [6.45, 7) is -0.0235. The Balaban J connectivity index is 2.58. The van der Waals surface area contributed by atoms with Crippen molar-refractivity contribution in [3.8, 4) is 0 Å². The lowest BCUT2D eigenvalue weighted by Crippen LogP contribution is -2.27. The fourth-order valence-electron chi connectivity index (χ4n) is 0.860. The highest BCUT2D eigenvalue weighted by Crippen LogP contribution is 2.06. The van der Waals surface area contributed by atoms with Gasteiger partial charge in [0.1, 0.15) is 0 Å². The van der Waals surface area contributed by atoms with E-state index in [2.05, 4.69) is 4.98 Å². The van der Waals surface area contributed by atoms with Crippen molar-refractivity contribution >= 4 is 11.6 Å². The number of aliphatic hydroxyl groups excluding tert-OH is 1. The van der Waals surface area contributed by atoms with E-state index in [9.17, 15) is 0 Å². The summed E-state index contributed by atoms with van der Waals surface area (Å²) in [5.41, 5.74) is 6.37. The molecule has 1 atom stereocenters. The monoisotopic (exact) mass is 186 g/mol. The van der Waals surface area contributed by atoms with Crippen LogP contribution in [-0.2, 0) is 6.42 Å². The number of hydrogen-bond acceptors (Lipinski definition) is 3. The zero-order valence-electron chi connectivity index (χ0n) is 6.57. The molecule has 0 aliphatic heterocycles. The predicted molar refractivity (Wildman–Crippen MR) is 48.0 cm³/mol. The van der Waals surface area contributed by atoms with Gasteiger partial charge in [0.05, 0.1) is 11.6 Å². The average Bonchev–Trinajstić information content (AvgIpc) is 2.09. The minimum absolute atomic E-state index is 0.0235. The molecule has 0 spiro atoms. The van der Waals surface area contributed by atoms with Crippen LogP contribution in [0.3, 0.4) is 0 Å². The topological polar surface area (TPSA) is 59.1 Å². The zero-order chi connectivity index (χ0) is 8.97. The van der Waals surface area contributed by atoms with E-state index < -0.39 is 0 Å². The number of rotatable bonds is 3. The van der Waals surface area contributed by atoms with E-state index in [1.807, 2.05) is 0 Å². The number of halogens is 1. The molecule has 0 bridgehead atoms. The van der Waals surface area contributed by atoms with Crippen molar-refractivity contribution in [2.24, 2.45) is 5.73 Å². The van der Waals surface area contributed by atoms with Crippen molar-refractivity contribution < 1.29 is 5.11 Å².